The number of carboxylic acids is 1. The molecule has 2 N–H and O–H groups in total. The Morgan fingerprint density at radius 2 is 1.65 bits per heavy atom. The summed E-state index contributed by atoms with van der Waals surface area (Å²) in [6.45, 7) is 8.57. The number of urea groups is 1. The van der Waals surface area contributed by atoms with Crippen LogP contribution in [0.4, 0.5) is 4.79 Å². The van der Waals surface area contributed by atoms with Gasteiger partial charge < -0.3 is 15.3 Å². The summed E-state index contributed by atoms with van der Waals surface area (Å²) in [5.41, 5.74) is -1.18. The maximum Gasteiger partial charge on any atom is 0.329 e. The quantitative estimate of drug-likeness (QED) is 0.720. The number of carbonyl (C=O) groups is 2. The second-order valence-corrected chi connectivity index (χ2v) is 4.41. The first kappa shape index (κ1) is 15.7. The summed E-state index contributed by atoms with van der Waals surface area (Å²) in [4.78, 5) is 24.7. The third-order valence-electron chi connectivity index (χ3n) is 2.84. The molecule has 0 aromatic heterocycles. The lowest BCUT2D eigenvalue weighted by Gasteiger charge is -2.29. The van der Waals surface area contributed by atoms with Gasteiger partial charge in [-0.15, -0.1) is 0 Å². The summed E-state index contributed by atoms with van der Waals surface area (Å²) in [5.74, 6) is -0.999. The summed E-state index contributed by atoms with van der Waals surface area (Å²) >= 11 is 0. The first-order valence-corrected chi connectivity index (χ1v) is 6.21. The van der Waals surface area contributed by atoms with Crippen molar-refractivity contribution < 1.29 is 14.7 Å². The Balaban J connectivity index is 4.62. The van der Waals surface area contributed by atoms with E-state index in [1.165, 1.54) is 6.92 Å². The molecule has 0 aromatic carbocycles. The molecule has 0 heterocycles. The minimum Gasteiger partial charge on any atom is -0.480 e. The number of rotatable bonds is 7. The van der Waals surface area contributed by atoms with Crippen LogP contribution in [0.3, 0.4) is 0 Å². The molecule has 5 nitrogen and oxygen atoms in total. The monoisotopic (exact) mass is 244 g/mol. The fourth-order valence-electron chi connectivity index (χ4n) is 1.46. The number of hydrogen-bond donors (Lipinski definition) is 2. The van der Waals surface area contributed by atoms with Crippen LogP contribution in [0.5, 0.6) is 0 Å². The van der Waals surface area contributed by atoms with Crippen molar-refractivity contribution in [3.8, 4) is 0 Å². The van der Waals surface area contributed by atoms with Crippen LogP contribution in [-0.4, -0.2) is 40.6 Å². The SMILES string of the molecule is CCCN(CCC)C(=O)NC(C)(CC)C(=O)O. The van der Waals surface area contributed by atoms with Crippen LogP contribution in [0.2, 0.25) is 0 Å². The average molecular weight is 244 g/mol. The van der Waals surface area contributed by atoms with Gasteiger partial charge in [0.25, 0.3) is 0 Å². The van der Waals surface area contributed by atoms with Gasteiger partial charge in [-0.05, 0) is 26.2 Å². The molecule has 0 aromatic rings. The minimum absolute atomic E-state index is 0.291. The van der Waals surface area contributed by atoms with Crippen molar-refractivity contribution in [1.29, 1.82) is 0 Å². The Morgan fingerprint density at radius 3 is 1.94 bits per heavy atom. The van der Waals surface area contributed by atoms with Crippen molar-refractivity contribution in [2.75, 3.05) is 13.1 Å². The number of nitrogens with zero attached hydrogens (tertiary/aromatic N) is 1. The fraction of sp³-hybridized carbons (Fsp3) is 0.833. The van der Waals surface area contributed by atoms with Gasteiger partial charge >= 0.3 is 12.0 Å². The minimum atomic E-state index is -1.18. The molecule has 0 aliphatic carbocycles. The average Bonchev–Trinajstić information content (AvgIpc) is 2.28. The Labute approximate surface area is 103 Å². The van der Waals surface area contributed by atoms with E-state index in [2.05, 4.69) is 5.32 Å². The molecule has 17 heavy (non-hydrogen) atoms. The Bertz CT molecular complexity index is 262. The molecule has 0 saturated heterocycles. The summed E-state index contributed by atoms with van der Waals surface area (Å²) in [5, 5.41) is 11.7. The number of aliphatic carboxylic acids is 1. The molecule has 0 aliphatic rings. The lowest BCUT2D eigenvalue weighted by atomic mass is 10.00. The van der Waals surface area contributed by atoms with Gasteiger partial charge in [0.2, 0.25) is 0 Å². The highest BCUT2D eigenvalue weighted by molar-refractivity contribution is 5.85. The normalized spacial score (nSPS) is 13.9. The maximum absolute atomic E-state index is 12.0. The number of hydrogen-bond acceptors (Lipinski definition) is 2. The zero-order valence-corrected chi connectivity index (χ0v) is 11.2. The predicted molar refractivity (Wildman–Crippen MR) is 67.0 cm³/mol. The van der Waals surface area contributed by atoms with Crippen molar-refractivity contribution >= 4 is 12.0 Å². The highest BCUT2D eigenvalue weighted by Gasteiger charge is 2.33. The van der Waals surface area contributed by atoms with E-state index in [0.717, 1.165) is 12.8 Å². The molecule has 0 aliphatic heterocycles. The second-order valence-electron chi connectivity index (χ2n) is 4.41. The molecule has 1 unspecified atom stereocenters. The van der Waals surface area contributed by atoms with E-state index in [1.54, 1.807) is 11.8 Å². The largest absolute Gasteiger partial charge is 0.480 e. The molecule has 100 valence electrons. The molecule has 0 rings (SSSR count). The van der Waals surface area contributed by atoms with E-state index in [0.29, 0.717) is 19.5 Å². The summed E-state index contributed by atoms with van der Waals surface area (Å²) in [7, 11) is 0. The lowest BCUT2D eigenvalue weighted by Crippen LogP contribution is -2.56. The van der Waals surface area contributed by atoms with E-state index >= 15 is 0 Å². The molecule has 0 fully saturated rings. The van der Waals surface area contributed by atoms with Crippen molar-refractivity contribution in [3.63, 3.8) is 0 Å². The van der Waals surface area contributed by atoms with E-state index in [4.69, 9.17) is 5.11 Å². The lowest BCUT2D eigenvalue weighted by molar-refractivity contribution is -0.143. The molecule has 0 radical (unpaired) electrons. The molecule has 0 saturated carbocycles. The highest BCUT2D eigenvalue weighted by Crippen LogP contribution is 2.10. The summed E-state index contributed by atoms with van der Waals surface area (Å²) in [6, 6.07) is -0.291. The van der Waals surface area contributed by atoms with Crippen molar-refractivity contribution in [2.24, 2.45) is 0 Å². The zero-order valence-electron chi connectivity index (χ0n) is 11.2. The third-order valence-corrected chi connectivity index (χ3v) is 2.84. The Hall–Kier alpha value is -1.26. The molecular weight excluding hydrogens is 220 g/mol. The van der Waals surface area contributed by atoms with Gasteiger partial charge in [-0.2, -0.15) is 0 Å². The van der Waals surface area contributed by atoms with Crippen LogP contribution in [-0.2, 0) is 4.79 Å². The summed E-state index contributed by atoms with van der Waals surface area (Å²) < 4.78 is 0. The summed E-state index contributed by atoms with van der Waals surface area (Å²) in [6.07, 6.45) is 2.09. The second kappa shape index (κ2) is 7.14. The molecule has 1 atom stereocenters. The van der Waals surface area contributed by atoms with Gasteiger partial charge in [-0.1, -0.05) is 20.8 Å². The van der Waals surface area contributed by atoms with E-state index in [1.807, 2.05) is 13.8 Å². The predicted octanol–water partition coefficient (Wildman–Crippen LogP) is 2.07. The molecule has 5 heteroatoms. The standard InChI is InChI=1S/C12H24N2O3/c1-5-8-14(9-6-2)11(17)13-12(4,7-3)10(15)16/h5-9H2,1-4H3,(H,13,17)(H,15,16). The van der Waals surface area contributed by atoms with Crippen LogP contribution in [0, 0.1) is 0 Å². The van der Waals surface area contributed by atoms with E-state index in [-0.39, 0.29) is 6.03 Å². The Morgan fingerprint density at radius 1 is 1.18 bits per heavy atom. The van der Waals surface area contributed by atoms with Crippen LogP contribution < -0.4 is 5.32 Å². The van der Waals surface area contributed by atoms with Gasteiger partial charge in [0, 0.05) is 13.1 Å². The molecular formula is C12H24N2O3. The van der Waals surface area contributed by atoms with Gasteiger partial charge in [0.1, 0.15) is 5.54 Å². The van der Waals surface area contributed by atoms with Crippen molar-refractivity contribution in [3.05, 3.63) is 0 Å². The van der Waals surface area contributed by atoms with E-state index in [9.17, 15) is 9.59 Å². The zero-order chi connectivity index (χ0) is 13.5. The van der Waals surface area contributed by atoms with Crippen LogP contribution in [0.15, 0.2) is 0 Å². The fourth-order valence-corrected chi connectivity index (χ4v) is 1.46. The first-order valence-electron chi connectivity index (χ1n) is 6.21. The van der Waals surface area contributed by atoms with Gasteiger partial charge in [0.15, 0.2) is 0 Å². The molecule has 2 amide bonds. The van der Waals surface area contributed by atoms with Crippen LogP contribution >= 0.6 is 0 Å². The number of carbonyl (C=O) groups excluding carboxylic acids is 1. The van der Waals surface area contributed by atoms with Crippen LogP contribution in [0.25, 0.3) is 0 Å². The smallest absolute Gasteiger partial charge is 0.329 e. The van der Waals surface area contributed by atoms with Gasteiger partial charge in [-0.25, -0.2) is 9.59 Å². The van der Waals surface area contributed by atoms with Crippen LogP contribution in [0.1, 0.15) is 47.0 Å². The maximum atomic E-state index is 12.0. The first-order chi connectivity index (χ1) is 7.91. The van der Waals surface area contributed by atoms with Gasteiger partial charge in [-0.3, -0.25) is 0 Å². The Kier molecular flexibility index (Phi) is 6.61. The number of nitrogens with one attached hydrogen (secondary N) is 1. The number of carboxylic acid groups (broad SMARTS) is 1. The van der Waals surface area contributed by atoms with Crippen molar-refractivity contribution in [2.45, 2.75) is 52.5 Å². The van der Waals surface area contributed by atoms with E-state index < -0.39 is 11.5 Å². The van der Waals surface area contributed by atoms with Crippen molar-refractivity contribution in [1.82, 2.24) is 10.2 Å². The molecule has 0 spiro atoms. The topological polar surface area (TPSA) is 69.6 Å². The number of amides is 2. The third kappa shape index (κ3) is 4.63. The van der Waals surface area contributed by atoms with Gasteiger partial charge in [0.05, 0.1) is 0 Å². The molecule has 0 bridgehead atoms. The highest BCUT2D eigenvalue weighted by atomic mass is 16.4.